The molecular formula is C22H31N5O2. The lowest BCUT2D eigenvalue weighted by Crippen LogP contribution is -2.43. The number of hydrogen-bond acceptors (Lipinski definition) is 6. The lowest BCUT2D eigenvalue weighted by molar-refractivity contribution is 0.0172. The van der Waals surface area contributed by atoms with Crippen LogP contribution >= 0.6 is 0 Å². The summed E-state index contributed by atoms with van der Waals surface area (Å²) >= 11 is 0. The summed E-state index contributed by atoms with van der Waals surface area (Å²) in [4.78, 5) is 29.4. The van der Waals surface area contributed by atoms with Crippen LogP contribution < -0.4 is 0 Å². The van der Waals surface area contributed by atoms with Gasteiger partial charge >= 0.3 is 6.09 Å². The van der Waals surface area contributed by atoms with Crippen molar-refractivity contribution in [3.05, 3.63) is 42.5 Å². The average Bonchev–Trinajstić information content (AvgIpc) is 2.68. The van der Waals surface area contributed by atoms with Gasteiger partial charge in [0.1, 0.15) is 5.60 Å². The van der Waals surface area contributed by atoms with Crippen molar-refractivity contribution in [2.45, 2.75) is 45.8 Å². The number of nitrogens with zero attached hydrogens (tertiary/aromatic N) is 5. The molecule has 2 aromatic rings. The van der Waals surface area contributed by atoms with Gasteiger partial charge in [-0.1, -0.05) is 0 Å². The Hall–Kier alpha value is -2.54. The van der Waals surface area contributed by atoms with Crippen molar-refractivity contribution in [3.8, 4) is 11.4 Å². The molecule has 7 heteroatoms. The van der Waals surface area contributed by atoms with E-state index in [1.54, 1.807) is 12.4 Å². The summed E-state index contributed by atoms with van der Waals surface area (Å²) in [7, 11) is 2.12. The number of carbonyl (C=O) groups excluding carboxylic acids is 1. The second-order valence-electron chi connectivity index (χ2n) is 8.71. The fourth-order valence-corrected chi connectivity index (χ4v) is 3.53. The predicted molar refractivity (Wildman–Crippen MR) is 112 cm³/mol. The van der Waals surface area contributed by atoms with Gasteiger partial charge in [0.25, 0.3) is 0 Å². The molecule has 1 amide bonds. The number of carbonyl (C=O) groups is 1. The third-order valence-electron chi connectivity index (χ3n) is 4.92. The standard InChI is InChI=1S/C22H31N5O2/c1-22(2,3)29-21(28)27-13-8-17(9-14-27)15-26(4)16-19-7-12-24-20(25-19)18-5-10-23-11-6-18/h5-7,10-12,17H,8-9,13-16H2,1-4H3. The molecule has 1 fully saturated rings. The van der Waals surface area contributed by atoms with E-state index in [2.05, 4.69) is 21.9 Å². The van der Waals surface area contributed by atoms with Crippen molar-refractivity contribution < 1.29 is 9.53 Å². The first-order valence-corrected chi connectivity index (χ1v) is 10.2. The molecule has 3 rings (SSSR count). The number of ether oxygens (including phenoxy) is 1. The smallest absolute Gasteiger partial charge is 0.410 e. The van der Waals surface area contributed by atoms with Gasteiger partial charge in [0.2, 0.25) is 0 Å². The molecule has 2 aromatic heterocycles. The molecule has 156 valence electrons. The molecule has 0 saturated carbocycles. The molecule has 0 aliphatic carbocycles. The zero-order valence-electron chi connectivity index (χ0n) is 17.8. The van der Waals surface area contributed by atoms with Crippen LogP contribution in [-0.2, 0) is 11.3 Å². The zero-order valence-corrected chi connectivity index (χ0v) is 17.8. The number of pyridine rings is 1. The van der Waals surface area contributed by atoms with Crippen molar-refractivity contribution in [2.75, 3.05) is 26.7 Å². The third-order valence-corrected chi connectivity index (χ3v) is 4.92. The van der Waals surface area contributed by atoms with Gasteiger partial charge in [-0.25, -0.2) is 14.8 Å². The van der Waals surface area contributed by atoms with Crippen LogP contribution in [-0.4, -0.2) is 63.1 Å². The highest BCUT2D eigenvalue weighted by atomic mass is 16.6. The van der Waals surface area contributed by atoms with Crippen molar-refractivity contribution in [1.29, 1.82) is 0 Å². The van der Waals surface area contributed by atoms with Crippen LogP contribution in [0.2, 0.25) is 0 Å². The van der Waals surface area contributed by atoms with E-state index >= 15 is 0 Å². The monoisotopic (exact) mass is 397 g/mol. The Kier molecular flexibility index (Phi) is 6.79. The van der Waals surface area contributed by atoms with E-state index in [9.17, 15) is 4.79 Å². The maximum Gasteiger partial charge on any atom is 0.410 e. The zero-order chi connectivity index (χ0) is 20.9. The molecule has 0 bridgehead atoms. The van der Waals surface area contributed by atoms with Crippen LogP contribution in [0.4, 0.5) is 4.79 Å². The van der Waals surface area contributed by atoms with Crippen molar-refractivity contribution >= 4 is 6.09 Å². The molecule has 1 aliphatic heterocycles. The normalized spacial score (nSPS) is 15.6. The van der Waals surface area contributed by atoms with Crippen LogP contribution in [0.3, 0.4) is 0 Å². The van der Waals surface area contributed by atoms with E-state index in [1.165, 1.54) is 0 Å². The average molecular weight is 398 g/mol. The molecule has 0 aromatic carbocycles. The second kappa shape index (κ2) is 9.31. The van der Waals surface area contributed by atoms with Crippen LogP contribution in [0.1, 0.15) is 39.3 Å². The Labute approximate surface area is 173 Å². The van der Waals surface area contributed by atoms with Crippen LogP contribution in [0.25, 0.3) is 11.4 Å². The van der Waals surface area contributed by atoms with Crippen molar-refractivity contribution in [3.63, 3.8) is 0 Å². The third kappa shape index (κ3) is 6.49. The van der Waals surface area contributed by atoms with Gasteiger partial charge in [0, 0.05) is 50.3 Å². The molecule has 0 unspecified atom stereocenters. The summed E-state index contributed by atoms with van der Waals surface area (Å²) in [5.41, 5.74) is 1.53. The Morgan fingerprint density at radius 3 is 2.52 bits per heavy atom. The maximum atomic E-state index is 12.2. The van der Waals surface area contributed by atoms with E-state index in [-0.39, 0.29) is 6.09 Å². The molecule has 1 saturated heterocycles. The fourth-order valence-electron chi connectivity index (χ4n) is 3.53. The largest absolute Gasteiger partial charge is 0.444 e. The highest BCUT2D eigenvalue weighted by molar-refractivity contribution is 5.68. The summed E-state index contributed by atoms with van der Waals surface area (Å²) in [6.07, 6.45) is 7.10. The molecule has 1 aliphatic rings. The van der Waals surface area contributed by atoms with Gasteiger partial charge in [-0.2, -0.15) is 0 Å². The summed E-state index contributed by atoms with van der Waals surface area (Å²) < 4.78 is 5.48. The van der Waals surface area contributed by atoms with E-state index < -0.39 is 5.60 Å². The number of amides is 1. The second-order valence-corrected chi connectivity index (χ2v) is 8.71. The molecule has 0 atom stereocenters. The van der Waals surface area contributed by atoms with E-state index in [1.807, 2.05) is 50.1 Å². The highest BCUT2D eigenvalue weighted by Gasteiger charge is 2.27. The van der Waals surface area contributed by atoms with Crippen LogP contribution in [0.5, 0.6) is 0 Å². The highest BCUT2D eigenvalue weighted by Crippen LogP contribution is 2.21. The fraction of sp³-hybridized carbons (Fsp3) is 0.545. The Morgan fingerprint density at radius 2 is 1.86 bits per heavy atom. The van der Waals surface area contributed by atoms with E-state index in [0.29, 0.717) is 5.92 Å². The minimum absolute atomic E-state index is 0.200. The summed E-state index contributed by atoms with van der Waals surface area (Å²) in [6.45, 7) is 8.98. The van der Waals surface area contributed by atoms with Gasteiger partial charge in [0.15, 0.2) is 5.82 Å². The number of piperidine rings is 1. The molecule has 3 heterocycles. The Morgan fingerprint density at radius 1 is 1.17 bits per heavy atom. The van der Waals surface area contributed by atoms with E-state index in [0.717, 1.165) is 56.1 Å². The van der Waals surface area contributed by atoms with Gasteiger partial charge in [-0.3, -0.25) is 4.98 Å². The lowest BCUT2D eigenvalue weighted by atomic mass is 9.96. The predicted octanol–water partition coefficient (Wildman–Crippen LogP) is 3.62. The minimum Gasteiger partial charge on any atom is -0.444 e. The van der Waals surface area contributed by atoms with Gasteiger partial charge in [-0.15, -0.1) is 0 Å². The first-order valence-electron chi connectivity index (χ1n) is 10.2. The molecule has 0 radical (unpaired) electrons. The maximum absolute atomic E-state index is 12.2. The molecular weight excluding hydrogens is 366 g/mol. The van der Waals surface area contributed by atoms with Gasteiger partial charge in [-0.05, 0) is 64.8 Å². The molecule has 0 N–H and O–H groups in total. The quantitative estimate of drug-likeness (QED) is 0.767. The van der Waals surface area contributed by atoms with Crippen LogP contribution in [0.15, 0.2) is 36.8 Å². The first-order chi connectivity index (χ1) is 13.8. The number of rotatable bonds is 5. The summed E-state index contributed by atoms with van der Waals surface area (Å²) in [5, 5.41) is 0. The topological polar surface area (TPSA) is 71.5 Å². The van der Waals surface area contributed by atoms with Crippen molar-refractivity contribution in [1.82, 2.24) is 24.8 Å². The minimum atomic E-state index is -0.444. The SMILES string of the molecule is CN(Cc1ccnc(-c2ccncc2)n1)CC1CCN(C(=O)OC(C)(C)C)CC1. The van der Waals surface area contributed by atoms with E-state index in [4.69, 9.17) is 9.72 Å². The van der Waals surface area contributed by atoms with Gasteiger partial charge < -0.3 is 14.5 Å². The molecule has 7 nitrogen and oxygen atoms in total. The lowest BCUT2D eigenvalue weighted by Gasteiger charge is -2.34. The first kappa shape index (κ1) is 21.2. The number of likely N-dealkylation sites (tertiary alicyclic amines) is 1. The Balaban J connectivity index is 1.48. The Bertz CT molecular complexity index is 798. The van der Waals surface area contributed by atoms with Crippen LogP contribution in [0, 0.1) is 5.92 Å². The molecule has 29 heavy (non-hydrogen) atoms. The van der Waals surface area contributed by atoms with Crippen molar-refractivity contribution in [2.24, 2.45) is 5.92 Å². The molecule has 0 spiro atoms. The number of hydrogen-bond donors (Lipinski definition) is 0. The number of aromatic nitrogens is 3. The summed E-state index contributed by atoms with van der Waals surface area (Å²) in [6, 6.07) is 5.80. The van der Waals surface area contributed by atoms with Gasteiger partial charge in [0.05, 0.1) is 5.69 Å². The summed E-state index contributed by atoms with van der Waals surface area (Å²) in [5.74, 6) is 1.30.